The van der Waals surface area contributed by atoms with Gasteiger partial charge in [0.2, 0.25) is 0 Å². The number of hydrogen-bond donors (Lipinski definition) is 0. The summed E-state index contributed by atoms with van der Waals surface area (Å²) >= 11 is 0. The topological polar surface area (TPSA) is 78.3 Å². The van der Waals surface area contributed by atoms with Gasteiger partial charge in [-0.15, -0.1) is 0 Å². The van der Waals surface area contributed by atoms with E-state index in [4.69, 9.17) is 4.74 Å². The van der Waals surface area contributed by atoms with Gasteiger partial charge in [-0.05, 0) is 19.1 Å². The number of imidazole rings is 1. The van der Waals surface area contributed by atoms with Crippen molar-refractivity contribution in [3.8, 4) is 0 Å². The molecule has 6 nitrogen and oxygen atoms in total. The van der Waals surface area contributed by atoms with Crippen LogP contribution in [0.1, 0.15) is 18.2 Å². The van der Waals surface area contributed by atoms with Crippen LogP contribution >= 0.6 is 0 Å². The number of benzene rings is 1. The van der Waals surface area contributed by atoms with Crippen molar-refractivity contribution < 1.29 is 22.3 Å². The fraction of sp³-hybridized carbons (Fsp3) is 0.231. The van der Waals surface area contributed by atoms with E-state index in [1.54, 1.807) is 19.1 Å². The van der Waals surface area contributed by atoms with E-state index in [0.717, 1.165) is 11.8 Å². The Balaban J connectivity index is 2.47. The Kier molecular flexibility index (Phi) is 4.08. The van der Waals surface area contributed by atoms with Crippen LogP contribution in [0.4, 0.5) is 4.39 Å². The summed E-state index contributed by atoms with van der Waals surface area (Å²) in [7, 11) is -4.13. The molecule has 0 atom stereocenters. The number of carbonyl (C=O) groups excluding carboxylic acids is 1. The predicted octanol–water partition coefficient (Wildman–Crippen LogP) is 1.63. The summed E-state index contributed by atoms with van der Waals surface area (Å²) < 4.78 is 43.7. The van der Waals surface area contributed by atoms with Gasteiger partial charge in [0.1, 0.15) is 6.61 Å². The molecule has 0 aliphatic rings. The molecule has 0 amide bonds. The molecule has 2 aromatic rings. The van der Waals surface area contributed by atoms with Crippen molar-refractivity contribution in [1.82, 2.24) is 8.96 Å². The first-order valence-electron chi connectivity index (χ1n) is 6.00. The number of esters is 1. The van der Waals surface area contributed by atoms with Gasteiger partial charge in [-0.1, -0.05) is 17.7 Å². The molecule has 0 aliphatic carbocycles. The fourth-order valence-electron chi connectivity index (χ4n) is 1.69. The van der Waals surface area contributed by atoms with Gasteiger partial charge in [-0.2, -0.15) is 8.36 Å². The average molecular weight is 312 g/mol. The molecule has 0 saturated carbocycles. The van der Waals surface area contributed by atoms with E-state index in [0.29, 0.717) is 3.97 Å². The van der Waals surface area contributed by atoms with Gasteiger partial charge in [0.15, 0.2) is 0 Å². The lowest BCUT2D eigenvalue weighted by atomic mass is 10.2. The number of carbonyl (C=O) groups is 1. The van der Waals surface area contributed by atoms with Crippen molar-refractivity contribution in [3.05, 3.63) is 47.8 Å². The van der Waals surface area contributed by atoms with E-state index in [1.807, 2.05) is 0 Å². The Morgan fingerprint density at radius 2 is 1.95 bits per heavy atom. The Bertz CT molecular complexity index is 766. The first-order chi connectivity index (χ1) is 9.82. The minimum atomic E-state index is -4.13. The smallest absolute Gasteiger partial charge is 0.303 e. The molecule has 0 spiro atoms. The molecular formula is C13H13FN2O4S. The number of rotatable bonds is 4. The van der Waals surface area contributed by atoms with Crippen LogP contribution in [0.2, 0.25) is 0 Å². The third kappa shape index (κ3) is 3.10. The van der Waals surface area contributed by atoms with Crippen LogP contribution in [-0.4, -0.2) is 23.3 Å². The van der Waals surface area contributed by atoms with E-state index in [2.05, 4.69) is 4.98 Å². The third-order valence-electron chi connectivity index (χ3n) is 2.73. The molecule has 0 N–H and O–H groups in total. The van der Waals surface area contributed by atoms with Crippen LogP contribution in [0.25, 0.3) is 0 Å². The summed E-state index contributed by atoms with van der Waals surface area (Å²) in [5, 5.41) is 0. The zero-order valence-corrected chi connectivity index (χ0v) is 12.2. The summed E-state index contributed by atoms with van der Waals surface area (Å²) in [6.45, 7) is 2.60. The normalized spacial score (nSPS) is 11.4. The molecule has 0 unspecified atom stereocenters. The van der Waals surface area contributed by atoms with E-state index in [-0.39, 0.29) is 17.2 Å². The maximum atomic E-state index is 13.7. The van der Waals surface area contributed by atoms with E-state index >= 15 is 0 Å². The summed E-state index contributed by atoms with van der Waals surface area (Å²) in [5.74, 6) is -0.601. The number of ether oxygens (including phenoxy) is 1. The van der Waals surface area contributed by atoms with Gasteiger partial charge >= 0.3 is 12.0 Å². The lowest BCUT2D eigenvalue weighted by molar-refractivity contribution is -0.142. The minimum absolute atomic E-state index is 0.0664. The summed E-state index contributed by atoms with van der Waals surface area (Å²) in [6, 6.07) is 5.96. The molecule has 0 aliphatic heterocycles. The van der Waals surface area contributed by atoms with Crippen molar-refractivity contribution >= 4 is 16.0 Å². The second-order valence-electron chi connectivity index (χ2n) is 4.38. The maximum Gasteiger partial charge on any atom is 0.303 e. The van der Waals surface area contributed by atoms with Crippen LogP contribution in [-0.2, 0) is 26.2 Å². The lowest BCUT2D eigenvalue weighted by Crippen LogP contribution is -2.18. The van der Waals surface area contributed by atoms with Crippen molar-refractivity contribution in [2.24, 2.45) is 0 Å². The van der Waals surface area contributed by atoms with Crippen molar-refractivity contribution in [3.63, 3.8) is 0 Å². The van der Waals surface area contributed by atoms with Gasteiger partial charge in [0.25, 0.3) is 10.0 Å². The molecule has 112 valence electrons. The number of aryl methyl sites for hydroxylation is 1. The van der Waals surface area contributed by atoms with Gasteiger partial charge < -0.3 is 4.74 Å². The molecule has 8 heteroatoms. The zero-order chi connectivity index (χ0) is 15.6. The second-order valence-corrected chi connectivity index (χ2v) is 6.17. The molecule has 0 radical (unpaired) electrons. The molecule has 0 bridgehead atoms. The molecule has 1 heterocycles. The van der Waals surface area contributed by atoms with Crippen LogP contribution in [0.5, 0.6) is 0 Å². The van der Waals surface area contributed by atoms with Crippen molar-refractivity contribution in [2.45, 2.75) is 25.3 Å². The molecule has 0 saturated heterocycles. The quantitative estimate of drug-likeness (QED) is 0.802. The summed E-state index contributed by atoms with van der Waals surface area (Å²) in [5.41, 5.74) is 0.809. The highest BCUT2D eigenvalue weighted by molar-refractivity contribution is 7.90. The van der Waals surface area contributed by atoms with E-state index in [9.17, 15) is 17.6 Å². The molecule has 2 rings (SSSR count). The van der Waals surface area contributed by atoms with E-state index in [1.165, 1.54) is 19.1 Å². The highest BCUT2D eigenvalue weighted by atomic mass is 32.2. The first-order valence-corrected chi connectivity index (χ1v) is 7.44. The van der Waals surface area contributed by atoms with Crippen molar-refractivity contribution in [2.75, 3.05) is 0 Å². The second kappa shape index (κ2) is 5.65. The number of halogens is 1. The Labute approximate surface area is 121 Å². The molecule has 1 aromatic carbocycles. The Morgan fingerprint density at radius 3 is 2.52 bits per heavy atom. The van der Waals surface area contributed by atoms with E-state index < -0.39 is 22.1 Å². The first kappa shape index (κ1) is 15.2. The van der Waals surface area contributed by atoms with Gasteiger partial charge in [-0.3, -0.25) is 4.79 Å². The maximum absolute atomic E-state index is 13.7. The Hall–Kier alpha value is -2.22. The largest absolute Gasteiger partial charge is 0.459 e. The molecule has 1 aromatic heterocycles. The van der Waals surface area contributed by atoms with Gasteiger partial charge in [0.05, 0.1) is 16.8 Å². The standard InChI is InChI=1S/C13H13FN2O4S/c1-9-3-5-12(6-4-9)21(18,19)16-11(7-15-13(16)14)8-20-10(2)17/h3-7H,8H2,1-2H3. The minimum Gasteiger partial charge on any atom is -0.459 e. The monoisotopic (exact) mass is 312 g/mol. The fourth-order valence-corrected chi connectivity index (χ4v) is 3.04. The average Bonchev–Trinajstić information content (AvgIpc) is 2.78. The number of hydrogen-bond acceptors (Lipinski definition) is 5. The van der Waals surface area contributed by atoms with Crippen LogP contribution in [0.3, 0.4) is 0 Å². The van der Waals surface area contributed by atoms with Gasteiger partial charge in [-0.25, -0.2) is 13.4 Å². The third-order valence-corrected chi connectivity index (χ3v) is 4.46. The van der Waals surface area contributed by atoms with Gasteiger partial charge in [0, 0.05) is 6.92 Å². The summed E-state index contributed by atoms with van der Waals surface area (Å²) in [4.78, 5) is 14.1. The van der Waals surface area contributed by atoms with Crippen LogP contribution < -0.4 is 0 Å². The number of aromatic nitrogens is 2. The molecule has 21 heavy (non-hydrogen) atoms. The SMILES string of the molecule is CC(=O)OCc1cnc(F)n1S(=O)(=O)c1ccc(C)cc1. The molecular weight excluding hydrogens is 299 g/mol. The Morgan fingerprint density at radius 1 is 1.33 bits per heavy atom. The zero-order valence-electron chi connectivity index (χ0n) is 11.4. The summed E-state index contributed by atoms with van der Waals surface area (Å²) in [6.07, 6.45) is -0.165. The highest BCUT2D eigenvalue weighted by Crippen LogP contribution is 2.19. The predicted molar refractivity (Wildman–Crippen MR) is 71.4 cm³/mol. The number of nitrogens with zero attached hydrogens (tertiary/aromatic N) is 2. The van der Waals surface area contributed by atoms with Crippen LogP contribution in [0.15, 0.2) is 35.4 Å². The van der Waals surface area contributed by atoms with Crippen LogP contribution in [0, 0.1) is 13.0 Å². The van der Waals surface area contributed by atoms with Crippen molar-refractivity contribution in [1.29, 1.82) is 0 Å². The highest BCUT2D eigenvalue weighted by Gasteiger charge is 2.25. The lowest BCUT2D eigenvalue weighted by Gasteiger charge is -2.10. The molecule has 0 fully saturated rings.